The highest BCUT2D eigenvalue weighted by atomic mass is 79.9. The molecule has 0 amide bonds. The van der Waals surface area contributed by atoms with Crippen molar-refractivity contribution in [3.8, 4) is 0 Å². The van der Waals surface area contributed by atoms with Crippen LogP contribution in [0.2, 0.25) is 0 Å². The Morgan fingerprint density at radius 2 is 1.95 bits per heavy atom. The highest BCUT2D eigenvalue weighted by molar-refractivity contribution is 9.10. The molecule has 1 aromatic carbocycles. The Labute approximate surface area is 126 Å². The van der Waals surface area contributed by atoms with Crippen molar-refractivity contribution < 1.29 is 0 Å². The molecule has 4 unspecified atom stereocenters. The quantitative estimate of drug-likeness (QED) is 0.816. The van der Waals surface area contributed by atoms with E-state index in [0.29, 0.717) is 6.04 Å². The van der Waals surface area contributed by atoms with Gasteiger partial charge in [0.25, 0.3) is 0 Å². The average molecular weight is 324 g/mol. The number of hydrogen-bond acceptors (Lipinski definition) is 1. The molecule has 1 saturated carbocycles. The molecule has 0 aromatic heterocycles. The number of nitrogens with one attached hydrogen (secondary N) is 1. The van der Waals surface area contributed by atoms with E-state index in [2.05, 4.69) is 67.3 Å². The van der Waals surface area contributed by atoms with Crippen molar-refractivity contribution in [2.24, 2.45) is 17.8 Å². The molecule has 0 heterocycles. The van der Waals surface area contributed by atoms with Crippen molar-refractivity contribution in [3.05, 3.63) is 33.8 Å². The summed E-state index contributed by atoms with van der Waals surface area (Å²) in [4.78, 5) is 0. The maximum atomic E-state index is 3.66. The van der Waals surface area contributed by atoms with Gasteiger partial charge in [0.2, 0.25) is 0 Å². The van der Waals surface area contributed by atoms with Crippen LogP contribution < -0.4 is 5.32 Å². The fourth-order valence-electron chi connectivity index (χ4n) is 3.50. The zero-order valence-corrected chi connectivity index (χ0v) is 14.1. The molecule has 1 aliphatic rings. The molecule has 106 valence electrons. The molecular formula is C17H26BrN. The highest BCUT2D eigenvalue weighted by Gasteiger charge is 2.30. The van der Waals surface area contributed by atoms with Crippen LogP contribution >= 0.6 is 15.9 Å². The second kappa shape index (κ2) is 6.41. The van der Waals surface area contributed by atoms with Crippen molar-refractivity contribution >= 4 is 15.9 Å². The maximum Gasteiger partial charge on any atom is 0.0349 e. The smallest absolute Gasteiger partial charge is 0.0349 e. The Morgan fingerprint density at radius 3 is 2.58 bits per heavy atom. The van der Waals surface area contributed by atoms with Crippen LogP contribution in [0.3, 0.4) is 0 Å². The van der Waals surface area contributed by atoms with E-state index in [1.54, 1.807) is 0 Å². The molecule has 0 aliphatic heterocycles. The molecule has 0 bridgehead atoms. The molecular weight excluding hydrogens is 298 g/mol. The van der Waals surface area contributed by atoms with Crippen LogP contribution in [0.25, 0.3) is 0 Å². The first kappa shape index (κ1) is 15.1. The minimum Gasteiger partial charge on any atom is -0.313 e. The van der Waals surface area contributed by atoms with Gasteiger partial charge >= 0.3 is 0 Å². The van der Waals surface area contributed by atoms with Crippen molar-refractivity contribution in [2.75, 3.05) is 7.05 Å². The van der Waals surface area contributed by atoms with E-state index in [9.17, 15) is 0 Å². The van der Waals surface area contributed by atoms with Gasteiger partial charge in [-0.15, -0.1) is 0 Å². The van der Waals surface area contributed by atoms with Crippen LogP contribution in [0, 0.1) is 24.7 Å². The first-order chi connectivity index (χ1) is 9.04. The molecule has 1 aromatic rings. The van der Waals surface area contributed by atoms with E-state index in [1.165, 1.54) is 34.9 Å². The second-order valence-electron chi connectivity index (χ2n) is 6.25. The van der Waals surface area contributed by atoms with Crippen LogP contribution in [-0.4, -0.2) is 7.05 Å². The zero-order chi connectivity index (χ0) is 14.0. The van der Waals surface area contributed by atoms with Crippen LogP contribution in [0.1, 0.15) is 50.3 Å². The zero-order valence-electron chi connectivity index (χ0n) is 12.5. The van der Waals surface area contributed by atoms with Crippen molar-refractivity contribution in [1.82, 2.24) is 5.32 Å². The molecule has 1 nitrogen and oxygen atoms in total. The van der Waals surface area contributed by atoms with E-state index in [4.69, 9.17) is 0 Å². The number of rotatable bonds is 3. The summed E-state index contributed by atoms with van der Waals surface area (Å²) in [5.41, 5.74) is 2.84. The van der Waals surface area contributed by atoms with Crippen LogP contribution in [0.15, 0.2) is 22.7 Å². The Morgan fingerprint density at radius 1 is 1.21 bits per heavy atom. The summed E-state index contributed by atoms with van der Waals surface area (Å²) in [5.74, 6) is 2.50. The van der Waals surface area contributed by atoms with E-state index in [1.807, 2.05) is 0 Å². The Kier molecular flexibility index (Phi) is 5.08. The summed E-state index contributed by atoms with van der Waals surface area (Å²) in [6.07, 6.45) is 4.07. The SMILES string of the molecule is CNC(c1cccc(Br)c1C)C1CCC(C)C(C)C1. The van der Waals surface area contributed by atoms with Gasteiger partial charge in [-0.1, -0.05) is 48.3 Å². The standard InChI is InChI=1S/C17H26BrN/c1-11-8-9-14(10-12(11)2)17(19-4)15-6-5-7-16(18)13(15)3/h5-7,11-12,14,17,19H,8-10H2,1-4H3. The van der Waals surface area contributed by atoms with E-state index in [-0.39, 0.29) is 0 Å². The summed E-state index contributed by atoms with van der Waals surface area (Å²) >= 11 is 3.66. The molecule has 19 heavy (non-hydrogen) atoms. The maximum absolute atomic E-state index is 3.66. The van der Waals surface area contributed by atoms with Crippen molar-refractivity contribution in [1.29, 1.82) is 0 Å². The molecule has 1 aliphatic carbocycles. The third-order valence-electron chi connectivity index (χ3n) is 5.07. The number of benzene rings is 1. The largest absolute Gasteiger partial charge is 0.313 e. The third-order valence-corrected chi connectivity index (χ3v) is 5.92. The van der Waals surface area contributed by atoms with E-state index < -0.39 is 0 Å². The van der Waals surface area contributed by atoms with Gasteiger partial charge in [-0.3, -0.25) is 0 Å². The normalized spacial score (nSPS) is 29.2. The molecule has 0 radical (unpaired) electrons. The lowest BCUT2D eigenvalue weighted by atomic mass is 9.71. The lowest BCUT2D eigenvalue weighted by molar-refractivity contribution is 0.174. The van der Waals surface area contributed by atoms with Crippen molar-refractivity contribution in [3.63, 3.8) is 0 Å². The van der Waals surface area contributed by atoms with E-state index >= 15 is 0 Å². The first-order valence-electron chi connectivity index (χ1n) is 7.46. The highest BCUT2D eigenvalue weighted by Crippen LogP contribution is 2.41. The predicted octanol–water partition coefficient (Wildman–Crippen LogP) is 5.09. The Hall–Kier alpha value is -0.340. The molecule has 4 atom stereocenters. The van der Waals surface area contributed by atoms with Crippen LogP contribution in [0.5, 0.6) is 0 Å². The van der Waals surface area contributed by atoms with Gasteiger partial charge in [0.05, 0.1) is 0 Å². The molecule has 0 spiro atoms. The monoisotopic (exact) mass is 323 g/mol. The van der Waals surface area contributed by atoms with Gasteiger partial charge in [0.15, 0.2) is 0 Å². The molecule has 2 heteroatoms. The lowest BCUT2D eigenvalue weighted by Crippen LogP contribution is -2.32. The van der Waals surface area contributed by atoms with Gasteiger partial charge in [-0.05, 0) is 61.8 Å². The first-order valence-corrected chi connectivity index (χ1v) is 8.26. The summed E-state index contributed by atoms with van der Waals surface area (Å²) in [6, 6.07) is 7.07. The second-order valence-corrected chi connectivity index (χ2v) is 7.10. The van der Waals surface area contributed by atoms with Gasteiger partial charge in [-0.25, -0.2) is 0 Å². The number of halogens is 1. The minimum atomic E-state index is 0.493. The van der Waals surface area contributed by atoms with Gasteiger partial charge in [0.1, 0.15) is 0 Å². The molecule has 1 fully saturated rings. The molecule has 1 N–H and O–H groups in total. The minimum absolute atomic E-state index is 0.493. The molecule has 0 saturated heterocycles. The van der Waals surface area contributed by atoms with Gasteiger partial charge in [-0.2, -0.15) is 0 Å². The van der Waals surface area contributed by atoms with Gasteiger partial charge in [0, 0.05) is 10.5 Å². The number of hydrogen-bond donors (Lipinski definition) is 1. The fraction of sp³-hybridized carbons (Fsp3) is 0.647. The fourth-order valence-corrected chi connectivity index (χ4v) is 3.88. The van der Waals surface area contributed by atoms with E-state index in [0.717, 1.165) is 17.8 Å². The Balaban J connectivity index is 2.22. The topological polar surface area (TPSA) is 12.0 Å². The lowest BCUT2D eigenvalue weighted by Gasteiger charge is -2.37. The summed E-state index contributed by atoms with van der Waals surface area (Å²) in [5, 5.41) is 3.57. The average Bonchev–Trinajstić information content (AvgIpc) is 2.39. The van der Waals surface area contributed by atoms with Crippen molar-refractivity contribution in [2.45, 2.75) is 46.1 Å². The van der Waals surface area contributed by atoms with Crippen LogP contribution in [0.4, 0.5) is 0 Å². The third kappa shape index (κ3) is 3.22. The molecule has 2 rings (SSSR count). The summed E-state index contributed by atoms with van der Waals surface area (Å²) in [6.45, 7) is 7.04. The summed E-state index contributed by atoms with van der Waals surface area (Å²) in [7, 11) is 2.10. The predicted molar refractivity (Wildman–Crippen MR) is 86.3 cm³/mol. The Bertz CT molecular complexity index is 429. The van der Waals surface area contributed by atoms with Gasteiger partial charge < -0.3 is 5.32 Å². The van der Waals surface area contributed by atoms with Crippen LogP contribution in [-0.2, 0) is 0 Å². The summed E-state index contributed by atoms with van der Waals surface area (Å²) < 4.78 is 1.22.